The molecule has 0 radical (unpaired) electrons. The summed E-state index contributed by atoms with van der Waals surface area (Å²) in [5.41, 5.74) is 0.714. The van der Waals surface area contributed by atoms with Crippen molar-refractivity contribution in [2.45, 2.75) is 39.4 Å². The van der Waals surface area contributed by atoms with Gasteiger partial charge in [0.25, 0.3) is 0 Å². The molecule has 1 rings (SSSR count). The van der Waals surface area contributed by atoms with Gasteiger partial charge in [-0.3, -0.25) is 0 Å². The highest BCUT2D eigenvalue weighted by Crippen LogP contribution is 2.23. The van der Waals surface area contributed by atoms with Gasteiger partial charge in [0.2, 0.25) is 5.95 Å². The third-order valence-corrected chi connectivity index (χ3v) is 2.23. The zero-order chi connectivity index (χ0) is 13.8. The molecule has 0 saturated heterocycles. The summed E-state index contributed by atoms with van der Waals surface area (Å²) >= 11 is 0. The van der Waals surface area contributed by atoms with E-state index in [0.717, 1.165) is 0 Å². The molecule has 0 aliphatic rings. The van der Waals surface area contributed by atoms with Gasteiger partial charge >= 0.3 is 6.18 Å². The zero-order valence-corrected chi connectivity index (χ0v) is 10.6. The molecule has 2 N–H and O–H groups in total. The number of hydrogen-bond donors (Lipinski definition) is 2. The van der Waals surface area contributed by atoms with Crippen molar-refractivity contribution in [1.29, 1.82) is 0 Å². The van der Waals surface area contributed by atoms with Crippen LogP contribution in [0.15, 0.2) is 6.20 Å². The fourth-order valence-corrected chi connectivity index (χ4v) is 1.46. The van der Waals surface area contributed by atoms with Crippen molar-refractivity contribution in [1.82, 2.24) is 9.97 Å². The minimum Gasteiger partial charge on any atom is -0.367 e. The molecule has 0 aliphatic heterocycles. The van der Waals surface area contributed by atoms with Crippen LogP contribution in [0, 0.1) is 6.92 Å². The maximum Gasteiger partial charge on any atom is 0.391 e. The highest BCUT2D eigenvalue weighted by atomic mass is 19.4. The first-order valence-corrected chi connectivity index (χ1v) is 5.72. The van der Waals surface area contributed by atoms with Crippen molar-refractivity contribution < 1.29 is 13.2 Å². The van der Waals surface area contributed by atoms with Crippen LogP contribution in [0.3, 0.4) is 0 Å². The van der Waals surface area contributed by atoms with E-state index in [0.29, 0.717) is 23.9 Å². The lowest BCUT2D eigenvalue weighted by molar-refractivity contribution is -0.136. The number of aromatic nitrogens is 2. The molecular formula is C11H17F3N4. The molecule has 4 nitrogen and oxygen atoms in total. The van der Waals surface area contributed by atoms with E-state index in [9.17, 15) is 13.2 Å². The molecule has 7 heteroatoms. The van der Waals surface area contributed by atoms with Gasteiger partial charge in [-0.25, -0.2) is 4.98 Å². The third-order valence-electron chi connectivity index (χ3n) is 2.23. The highest BCUT2D eigenvalue weighted by molar-refractivity contribution is 5.46. The highest BCUT2D eigenvalue weighted by Gasteiger charge is 2.30. The molecule has 1 aromatic rings. The zero-order valence-electron chi connectivity index (χ0n) is 10.6. The summed E-state index contributed by atoms with van der Waals surface area (Å²) in [6.45, 7) is 5.77. The summed E-state index contributed by atoms with van der Waals surface area (Å²) < 4.78 is 36.7. The first-order valence-electron chi connectivity index (χ1n) is 5.72. The van der Waals surface area contributed by atoms with Gasteiger partial charge < -0.3 is 10.6 Å². The largest absolute Gasteiger partial charge is 0.391 e. The topological polar surface area (TPSA) is 49.8 Å². The fourth-order valence-electron chi connectivity index (χ4n) is 1.46. The Morgan fingerprint density at radius 1 is 1.39 bits per heavy atom. The van der Waals surface area contributed by atoms with Gasteiger partial charge in [-0.1, -0.05) is 0 Å². The fraction of sp³-hybridized carbons (Fsp3) is 0.636. The van der Waals surface area contributed by atoms with Crippen molar-refractivity contribution in [3.63, 3.8) is 0 Å². The average Bonchev–Trinajstić information content (AvgIpc) is 2.20. The maximum atomic E-state index is 12.2. The lowest BCUT2D eigenvalue weighted by Gasteiger charge is -2.18. The summed E-state index contributed by atoms with van der Waals surface area (Å²) in [7, 11) is 0. The smallest absolute Gasteiger partial charge is 0.367 e. The van der Waals surface area contributed by atoms with Crippen LogP contribution in [0.2, 0.25) is 0 Å². The molecule has 0 spiro atoms. The van der Waals surface area contributed by atoms with E-state index >= 15 is 0 Å². The normalized spacial score (nSPS) is 13.2. The molecule has 1 aromatic heterocycles. The maximum absolute atomic E-state index is 12.2. The van der Waals surface area contributed by atoms with Crippen LogP contribution in [-0.4, -0.2) is 28.7 Å². The van der Waals surface area contributed by atoms with Gasteiger partial charge in [0.15, 0.2) is 0 Å². The predicted molar refractivity (Wildman–Crippen MR) is 64.7 cm³/mol. The van der Waals surface area contributed by atoms with E-state index in [2.05, 4.69) is 20.6 Å². The molecular weight excluding hydrogens is 245 g/mol. The van der Waals surface area contributed by atoms with Crippen LogP contribution in [0.4, 0.5) is 24.9 Å². The minimum absolute atomic E-state index is 0.407. The number of aryl methyl sites for hydroxylation is 1. The van der Waals surface area contributed by atoms with Gasteiger partial charge in [-0.15, -0.1) is 0 Å². The van der Waals surface area contributed by atoms with Gasteiger partial charge in [0, 0.05) is 24.3 Å². The Morgan fingerprint density at radius 3 is 2.61 bits per heavy atom. The molecule has 0 amide bonds. The summed E-state index contributed by atoms with van der Waals surface area (Å²) in [4.78, 5) is 8.16. The van der Waals surface area contributed by atoms with Crippen molar-refractivity contribution >= 4 is 11.8 Å². The van der Waals surface area contributed by atoms with Crippen molar-refractivity contribution in [2.24, 2.45) is 0 Å². The third kappa shape index (κ3) is 4.77. The summed E-state index contributed by atoms with van der Waals surface area (Å²) in [5, 5.41) is 5.67. The second-order valence-corrected chi connectivity index (χ2v) is 4.12. The number of rotatable bonds is 5. The molecule has 0 aromatic carbocycles. The lowest BCUT2D eigenvalue weighted by Crippen LogP contribution is -2.25. The Labute approximate surface area is 104 Å². The minimum atomic E-state index is -4.18. The molecule has 0 fully saturated rings. The number of nitrogens with zero attached hydrogens (tertiary/aromatic N) is 2. The van der Waals surface area contributed by atoms with Gasteiger partial charge in [-0.2, -0.15) is 18.2 Å². The van der Waals surface area contributed by atoms with E-state index in [1.54, 1.807) is 13.1 Å². The van der Waals surface area contributed by atoms with E-state index < -0.39 is 18.6 Å². The van der Waals surface area contributed by atoms with E-state index in [4.69, 9.17) is 0 Å². The summed E-state index contributed by atoms with van der Waals surface area (Å²) in [6.07, 6.45) is -3.50. The Bertz CT molecular complexity index is 392. The molecule has 0 saturated carbocycles. The lowest BCUT2D eigenvalue weighted by atomic mass is 10.2. The average molecular weight is 262 g/mol. The van der Waals surface area contributed by atoms with Crippen LogP contribution in [-0.2, 0) is 0 Å². The molecule has 1 atom stereocenters. The van der Waals surface area contributed by atoms with Gasteiger partial charge in [-0.05, 0) is 20.8 Å². The van der Waals surface area contributed by atoms with Crippen LogP contribution < -0.4 is 10.6 Å². The summed E-state index contributed by atoms with van der Waals surface area (Å²) in [5.74, 6) is 0.836. The summed E-state index contributed by atoms with van der Waals surface area (Å²) in [6, 6.07) is -0.729. The molecule has 1 heterocycles. The number of alkyl halides is 3. The van der Waals surface area contributed by atoms with Crippen molar-refractivity contribution in [3.8, 4) is 0 Å². The first kappa shape index (κ1) is 14.5. The van der Waals surface area contributed by atoms with Crippen molar-refractivity contribution in [2.75, 3.05) is 17.2 Å². The van der Waals surface area contributed by atoms with E-state index in [1.165, 1.54) is 6.92 Å². The number of anilines is 2. The standard InChI is InChI=1S/C11H17F3N4/c1-4-15-10-16-6-7(2)9(18-10)17-8(3)5-11(12,13)14/h6,8H,4-5H2,1-3H3,(H2,15,16,17,18). The van der Waals surface area contributed by atoms with Crippen molar-refractivity contribution in [3.05, 3.63) is 11.8 Å². The quantitative estimate of drug-likeness (QED) is 0.856. The molecule has 1 unspecified atom stereocenters. The second-order valence-electron chi connectivity index (χ2n) is 4.12. The first-order chi connectivity index (χ1) is 8.31. The predicted octanol–water partition coefficient (Wildman–Crippen LogP) is 2.97. The SMILES string of the molecule is CCNc1ncc(C)c(NC(C)CC(F)(F)F)n1. The molecule has 0 aliphatic carbocycles. The van der Waals surface area contributed by atoms with Crippen LogP contribution in [0.25, 0.3) is 0 Å². The molecule has 102 valence electrons. The van der Waals surface area contributed by atoms with E-state index in [1.807, 2.05) is 6.92 Å². The second kappa shape index (κ2) is 5.88. The monoisotopic (exact) mass is 262 g/mol. The van der Waals surface area contributed by atoms with Crippen LogP contribution in [0.5, 0.6) is 0 Å². The Morgan fingerprint density at radius 2 is 2.06 bits per heavy atom. The number of halogens is 3. The van der Waals surface area contributed by atoms with Crippen LogP contribution in [0.1, 0.15) is 25.8 Å². The van der Waals surface area contributed by atoms with Gasteiger partial charge in [0.1, 0.15) is 5.82 Å². The van der Waals surface area contributed by atoms with Crippen LogP contribution >= 0.6 is 0 Å². The van der Waals surface area contributed by atoms with Gasteiger partial charge in [0.05, 0.1) is 6.42 Å². The van der Waals surface area contributed by atoms with E-state index in [-0.39, 0.29) is 0 Å². The number of nitrogens with one attached hydrogen (secondary N) is 2. The Hall–Kier alpha value is -1.53. The molecule has 18 heavy (non-hydrogen) atoms. The Kier molecular flexibility index (Phi) is 4.75. The Balaban J connectivity index is 2.73. The number of hydrogen-bond acceptors (Lipinski definition) is 4. The molecule has 0 bridgehead atoms.